The average Bonchev–Trinajstić information content (AvgIpc) is 2.45. The number of nitro benzene ring substituents is 1. The van der Waals surface area contributed by atoms with Crippen LogP contribution in [-0.2, 0) is 10.1 Å². The summed E-state index contributed by atoms with van der Waals surface area (Å²) in [5, 5.41) is 18.1. The molecule has 0 unspecified atom stereocenters. The second kappa shape index (κ2) is 7.56. The number of non-ortho nitro benzene ring substituents is 1. The monoisotopic (exact) mass is 329 g/mol. The molecule has 2 aromatic carbocycles. The van der Waals surface area contributed by atoms with Crippen molar-refractivity contribution in [3.05, 3.63) is 58.6 Å². The zero-order valence-electron chi connectivity index (χ0n) is 11.4. The third-order valence-electron chi connectivity index (χ3n) is 2.45. The van der Waals surface area contributed by atoms with Crippen LogP contribution in [0.2, 0.25) is 0 Å². The summed E-state index contributed by atoms with van der Waals surface area (Å²) in [4.78, 5) is 9.55. The molecule has 0 saturated heterocycles. The Labute approximate surface area is 148 Å². The van der Waals surface area contributed by atoms with Gasteiger partial charge in [0, 0.05) is 12.1 Å². The van der Waals surface area contributed by atoms with Gasteiger partial charge in [0.2, 0.25) is 0 Å². The van der Waals surface area contributed by atoms with Gasteiger partial charge >= 0.3 is 29.6 Å². The van der Waals surface area contributed by atoms with Gasteiger partial charge in [-0.2, -0.15) is 10.2 Å². The van der Waals surface area contributed by atoms with Gasteiger partial charge in [-0.25, -0.2) is 8.42 Å². The molecule has 0 amide bonds. The first-order valence-electron chi connectivity index (χ1n) is 5.58. The second-order valence-electron chi connectivity index (χ2n) is 3.92. The van der Waals surface area contributed by atoms with E-state index in [1.54, 1.807) is 0 Å². The quantitative estimate of drug-likeness (QED) is 0.255. The van der Waals surface area contributed by atoms with Gasteiger partial charge in [-0.05, 0) is 30.3 Å². The summed E-state index contributed by atoms with van der Waals surface area (Å²) in [6.45, 7) is 0. The Hall–Kier alpha value is -1.65. The van der Waals surface area contributed by atoms with Crippen molar-refractivity contribution in [1.29, 1.82) is 0 Å². The molecular formula is C12H8N3NaO5S. The van der Waals surface area contributed by atoms with E-state index in [0.29, 0.717) is 5.69 Å². The van der Waals surface area contributed by atoms with Crippen LogP contribution in [0.3, 0.4) is 0 Å². The molecule has 10 heteroatoms. The van der Waals surface area contributed by atoms with E-state index in [2.05, 4.69) is 10.2 Å². The summed E-state index contributed by atoms with van der Waals surface area (Å²) in [7, 11) is -4.55. The van der Waals surface area contributed by atoms with Crippen LogP contribution in [0, 0.1) is 10.1 Å². The van der Waals surface area contributed by atoms with Crippen molar-refractivity contribution in [2.45, 2.75) is 4.90 Å². The van der Waals surface area contributed by atoms with Crippen LogP contribution < -0.4 is 29.6 Å². The third kappa shape index (κ3) is 4.97. The first-order valence-corrected chi connectivity index (χ1v) is 6.99. The molecule has 0 bridgehead atoms. The van der Waals surface area contributed by atoms with Gasteiger partial charge in [0.1, 0.15) is 10.1 Å². The number of hydrogen-bond donors (Lipinski definition) is 0. The topological polar surface area (TPSA) is 125 Å². The van der Waals surface area contributed by atoms with Crippen molar-refractivity contribution in [1.82, 2.24) is 0 Å². The van der Waals surface area contributed by atoms with Crippen LogP contribution in [0.5, 0.6) is 0 Å². The molecule has 0 atom stereocenters. The molecule has 8 nitrogen and oxygen atoms in total. The van der Waals surface area contributed by atoms with Gasteiger partial charge in [0.05, 0.1) is 21.2 Å². The van der Waals surface area contributed by atoms with Crippen LogP contribution >= 0.6 is 0 Å². The second-order valence-corrected chi connectivity index (χ2v) is 5.30. The molecule has 0 aromatic heterocycles. The van der Waals surface area contributed by atoms with E-state index in [0.717, 1.165) is 12.1 Å². The molecule has 0 fully saturated rings. The molecule has 108 valence electrons. The molecule has 0 aliphatic heterocycles. The number of nitrogens with zero attached hydrogens (tertiary/aromatic N) is 3. The molecular weight excluding hydrogens is 321 g/mol. The molecule has 0 aliphatic carbocycles. The molecule has 0 spiro atoms. The Balaban J connectivity index is 0.00000242. The van der Waals surface area contributed by atoms with E-state index in [-0.39, 0.29) is 40.9 Å². The van der Waals surface area contributed by atoms with Crippen molar-refractivity contribution in [3.8, 4) is 0 Å². The number of benzene rings is 2. The van der Waals surface area contributed by atoms with E-state index >= 15 is 0 Å². The zero-order chi connectivity index (χ0) is 15.5. The molecule has 0 N–H and O–H groups in total. The Morgan fingerprint density at radius 1 is 0.955 bits per heavy atom. The maximum absolute atomic E-state index is 10.9. The predicted molar refractivity (Wildman–Crippen MR) is 71.7 cm³/mol. The maximum atomic E-state index is 10.9. The van der Waals surface area contributed by atoms with Crippen LogP contribution in [-0.4, -0.2) is 17.9 Å². The largest absolute Gasteiger partial charge is 1.00 e. The summed E-state index contributed by atoms with van der Waals surface area (Å²) in [5.41, 5.74) is 0.467. The van der Waals surface area contributed by atoms with Gasteiger partial charge in [0.15, 0.2) is 0 Å². The Morgan fingerprint density at radius 2 is 1.55 bits per heavy atom. The fraction of sp³-hybridized carbons (Fsp3) is 0. The fourth-order valence-electron chi connectivity index (χ4n) is 1.46. The third-order valence-corrected chi connectivity index (χ3v) is 3.28. The minimum absolute atomic E-state index is 0. The SMILES string of the molecule is O=[N+]([O-])c1ccc(N=Nc2cccc(S(=O)(=O)[O-])c2)cc1.[Na+]. The molecule has 2 rings (SSSR count). The van der Waals surface area contributed by atoms with E-state index in [1.807, 2.05) is 0 Å². The van der Waals surface area contributed by atoms with Gasteiger partial charge in [-0.3, -0.25) is 10.1 Å². The van der Waals surface area contributed by atoms with Gasteiger partial charge in [-0.1, -0.05) is 6.07 Å². The molecule has 0 radical (unpaired) electrons. The summed E-state index contributed by atoms with van der Waals surface area (Å²) in [6.07, 6.45) is 0. The Bertz CT molecular complexity index is 806. The maximum Gasteiger partial charge on any atom is 1.00 e. The Morgan fingerprint density at radius 3 is 2.09 bits per heavy atom. The Kier molecular flexibility index (Phi) is 6.33. The number of hydrogen-bond acceptors (Lipinski definition) is 7. The molecule has 2 aromatic rings. The summed E-state index contributed by atoms with van der Waals surface area (Å²) in [5.74, 6) is 0. The van der Waals surface area contributed by atoms with Crippen LogP contribution in [0.15, 0.2) is 63.7 Å². The van der Waals surface area contributed by atoms with Crippen LogP contribution in [0.25, 0.3) is 0 Å². The van der Waals surface area contributed by atoms with E-state index in [4.69, 9.17) is 0 Å². The minimum atomic E-state index is -4.55. The van der Waals surface area contributed by atoms with Crippen molar-refractivity contribution in [2.75, 3.05) is 0 Å². The molecule has 0 aliphatic rings. The van der Waals surface area contributed by atoms with Gasteiger partial charge < -0.3 is 4.55 Å². The summed E-state index contributed by atoms with van der Waals surface area (Å²) < 4.78 is 32.6. The molecule has 0 saturated carbocycles. The minimum Gasteiger partial charge on any atom is -0.744 e. The number of rotatable bonds is 4. The van der Waals surface area contributed by atoms with Crippen molar-refractivity contribution >= 4 is 27.2 Å². The van der Waals surface area contributed by atoms with E-state index < -0.39 is 19.9 Å². The van der Waals surface area contributed by atoms with Crippen molar-refractivity contribution < 1.29 is 47.5 Å². The standard InChI is InChI=1S/C12H9N3O5S.Na/c16-15(17)11-6-4-9(5-7-11)13-14-10-2-1-3-12(8-10)21(18,19)20;/h1-8H,(H,18,19,20);/q;+1/p-1. The average molecular weight is 329 g/mol. The smallest absolute Gasteiger partial charge is 0.744 e. The van der Waals surface area contributed by atoms with Gasteiger partial charge in [-0.15, -0.1) is 0 Å². The van der Waals surface area contributed by atoms with Gasteiger partial charge in [0.25, 0.3) is 5.69 Å². The first-order chi connectivity index (χ1) is 9.86. The summed E-state index contributed by atoms with van der Waals surface area (Å²) >= 11 is 0. The summed E-state index contributed by atoms with van der Waals surface area (Å²) in [6, 6.07) is 10.4. The first kappa shape index (κ1) is 18.4. The zero-order valence-corrected chi connectivity index (χ0v) is 14.2. The number of nitro groups is 1. The van der Waals surface area contributed by atoms with Crippen LogP contribution in [0.4, 0.5) is 17.1 Å². The van der Waals surface area contributed by atoms with Crippen molar-refractivity contribution in [3.63, 3.8) is 0 Å². The fourth-order valence-corrected chi connectivity index (χ4v) is 1.97. The molecule has 0 heterocycles. The predicted octanol–water partition coefficient (Wildman–Crippen LogP) is -0.0817. The normalized spacial score (nSPS) is 11.1. The molecule has 22 heavy (non-hydrogen) atoms. The van der Waals surface area contributed by atoms with E-state index in [9.17, 15) is 23.1 Å². The number of azo groups is 1. The van der Waals surface area contributed by atoms with Crippen molar-refractivity contribution in [2.24, 2.45) is 10.2 Å². The van der Waals surface area contributed by atoms with Crippen LogP contribution in [0.1, 0.15) is 0 Å². The van der Waals surface area contributed by atoms with E-state index in [1.165, 1.54) is 36.4 Å².